The molecule has 0 radical (unpaired) electrons. The Morgan fingerprint density at radius 2 is 2.29 bits per heavy atom. The maximum Gasteiger partial charge on any atom is 0.385 e. The lowest BCUT2D eigenvalue weighted by atomic mass is 10.2. The summed E-state index contributed by atoms with van der Waals surface area (Å²) in [4.78, 5) is 13.3. The van der Waals surface area contributed by atoms with Gasteiger partial charge in [0, 0.05) is 4.53 Å². The molecule has 0 aliphatic carbocycles. The molecule has 76 valence electrons. The number of hydrogen-bond acceptors (Lipinski definition) is 4. The van der Waals surface area contributed by atoms with Gasteiger partial charge in [0.15, 0.2) is 6.61 Å². The molecular formula is C9H9FO4. The highest BCUT2D eigenvalue weighted by Crippen LogP contribution is 2.21. The first-order valence-electron chi connectivity index (χ1n) is 3.87. The van der Waals surface area contributed by atoms with Crippen LogP contribution in [0, 0.1) is 6.92 Å². The van der Waals surface area contributed by atoms with Crippen LogP contribution in [0.5, 0.6) is 11.5 Å². The molecule has 0 saturated heterocycles. The largest absolute Gasteiger partial charge is 0.508 e. The zero-order valence-corrected chi connectivity index (χ0v) is 7.49. The van der Waals surface area contributed by atoms with Crippen molar-refractivity contribution in [2.45, 2.75) is 6.92 Å². The summed E-state index contributed by atoms with van der Waals surface area (Å²) in [6.07, 6.45) is 0. The quantitative estimate of drug-likeness (QED) is 0.803. The minimum Gasteiger partial charge on any atom is -0.508 e. The molecule has 0 atom stereocenters. The van der Waals surface area contributed by atoms with E-state index < -0.39 is 12.6 Å². The van der Waals surface area contributed by atoms with Crippen LogP contribution in [0.25, 0.3) is 0 Å². The van der Waals surface area contributed by atoms with Crippen molar-refractivity contribution in [1.82, 2.24) is 0 Å². The number of phenols is 1. The van der Waals surface area contributed by atoms with E-state index >= 15 is 0 Å². The normalized spacial score (nSPS) is 9.57. The van der Waals surface area contributed by atoms with E-state index in [1.54, 1.807) is 6.92 Å². The Labute approximate surface area is 79.8 Å². The van der Waals surface area contributed by atoms with Crippen molar-refractivity contribution in [1.29, 1.82) is 0 Å². The summed E-state index contributed by atoms with van der Waals surface area (Å²) in [5.41, 5.74) is 0.608. The lowest BCUT2D eigenvalue weighted by Crippen LogP contribution is -2.10. The van der Waals surface area contributed by atoms with Gasteiger partial charge in [-0.15, -0.1) is 0 Å². The fraction of sp³-hybridized carbons (Fsp3) is 0.222. The molecule has 1 aromatic carbocycles. The number of phenolic OH excluding ortho intramolecular Hbond substituents is 1. The van der Waals surface area contributed by atoms with Crippen molar-refractivity contribution >= 4 is 5.97 Å². The van der Waals surface area contributed by atoms with Crippen molar-refractivity contribution in [3.8, 4) is 11.5 Å². The predicted molar refractivity (Wildman–Crippen MR) is 45.5 cm³/mol. The maximum absolute atomic E-state index is 11.3. The van der Waals surface area contributed by atoms with E-state index in [0.29, 0.717) is 11.3 Å². The van der Waals surface area contributed by atoms with E-state index in [-0.39, 0.29) is 5.75 Å². The summed E-state index contributed by atoms with van der Waals surface area (Å²) in [5.74, 6) is -0.605. The second-order valence-corrected chi connectivity index (χ2v) is 2.69. The van der Waals surface area contributed by atoms with E-state index in [1.165, 1.54) is 18.2 Å². The molecular weight excluding hydrogens is 191 g/mol. The van der Waals surface area contributed by atoms with Gasteiger partial charge < -0.3 is 9.84 Å². The second kappa shape index (κ2) is 4.45. The molecule has 0 bridgehead atoms. The average Bonchev–Trinajstić information content (AvgIpc) is 2.19. The summed E-state index contributed by atoms with van der Waals surface area (Å²) < 4.78 is 16.1. The van der Waals surface area contributed by atoms with Crippen LogP contribution in [-0.2, 0) is 9.74 Å². The second-order valence-electron chi connectivity index (χ2n) is 2.69. The molecule has 0 amide bonds. The van der Waals surface area contributed by atoms with Crippen LogP contribution in [0.2, 0.25) is 0 Å². The van der Waals surface area contributed by atoms with Gasteiger partial charge in [0.25, 0.3) is 0 Å². The standard InChI is InChI=1S/C9H9FO4/c1-6-4-7(2-3-8(6)11)13-5-9(12)14-10/h2-4,11H,5H2,1H3. The third-order valence-corrected chi connectivity index (χ3v) is 1.61. The molecule has 0 heterocycles. The smallest absolute Gasteiger partial charge is 0.385 e. The number of ether oxygens (including phenoxy) is 1. The highest BCUT2D eigenvalue weighted by molar-refractivity contribution is 5.70. The summed E-state index contributed by atoms with van der Waals surface area (Å²) >= 11 is 0. The van der Waals surface area contributed by atoms with Crippen LogP contribution in [0.3, 0.4) is 0 Å². The highest BCUT2D eigenvalue weighted by atomic mass is 19.3. The fourth-order valence-corrected chi connectivity index (χ4v) is 0.882. The van der Waals surface area contributed by atoms with Crippen LogP contribution in [0.1, 0.15) is 5.56 Å². The number of halogens is 1. The Kier molecular flexibility index (Phi) is 3.28. The molecule has 1 rings (SSSR count). The Bertz CT molecular complexity index is 338. The molecule has 0 saturated carbocycles. The number of rotatable bonds is 3. The number of carbonyl (C=O) groups excluding carboxylic acids is 1. The average molecular weight is 200 g/mol. The Hall–Kier alpha value is -1.78. The fourth-order valence-electron chi connectivity index (χ4n) is 0.882. The first kappa shape index (κ1) is 10.3. The maximum atomic E-state index is 11.3. The van der Waals surface area contributed by atoms with Crippen LogP contribution < -0.4 is 4.74 Å². The van der Waals surface area contributed by atoms with Crippen molar-refractivity contribution in [2.75, 3.05) is 6.61 Å². The molecule has 14 heavy (non-hydrogen) atoms. The Morgan fingerprint density at radius 3 is 2.86 bits per heavy atom. The van der Waals surface area contributed by atoms with Gasteiger partial charge in [-0.05, 0) is 30.7 Å². The first-order chi connectivity index (χ1) is 6.63. The predicted octanol–water partition coefficient (Wildman–Crippen LogP) is 1.51. The number of benzene rings is 1. The van der Waals surface area contributed by atoms with Crippen molar-refractivity contribution in [3.63, 3.8) is 0 Å². The van der Waals surface area contributed by atoms with E-state index in [1.807, 2.05) is 0 Å². The van der Waals surface area contributed by atoms with E-state index in [4.69, 9.17) is 9.84 Å². The van der Waals surface area contributed by atoms with Gasteiger partial charge in [0.2, 0.25) is 0 Å². The topological polar surface area (TPSA) is 55.8 Å². The minimum atomic E-state index is -1.10. The first-order valence-corrected chi connectivity index (χ1v) is 3.87. The number of aromatic hydroxyl groups is 1. The molecule has 4 nitrogen and oxygen atoms in total. The minimum absolute atomic E-state index is 0.130. The zero-order chi connectivity index (χ0) is 10.6. The van der Waals surface area contributed by atoms with Gasteiger partial charge in [-0.25, -0.2) is 4.79 Å². The molecule has 0 aromatic heterocycles. The highest BCUT2D eigenvalue weighted by Gasteiger charge is 2.05. The monoisotopic (exact) mass is 200 g/mol. The summed E-state index contributed by atoms with van der Waals surface area (Å²) in [6.45, 7) is 1.18. The van der Waals surface area contributed by atoms with Crippen molar-refractivity contribution < 1.29 is 24.1 Å². The number of carbonyl (C=O) groups is 1. The summed E-state index contributed by atoms with van der Waals surface area (Å²) in [6, 6.07) is 4.42. The third kappa shape index (κ3) is 2.62. The van der Waals surface area contributed by atoms with Gasteiger partial charge in [0.05, 0.1) is 0 Å². The summed E-state index contributed by atoms with van der Waals surface area (Å²) in [7, 11) is 0. The van der Waals surface area contributed by atoms with Crippen LogP contribution in [0.4, 0.5) is 4.53 Å². The number of hydrogen-bond donors (Lipinski definition) is 1. The van der Waals surface area contributed by atoms with E-state index in [9.17, 15) is 9.32 Å². The molecule has 0 aliphatic heterocycles. The van der Waals surface area contributed by atoms with Gasteiger partial charge in [0.1, 0.15) is 11.5 Å². The van der Waals surface area contributed by atoms with Crippen LogP contribution in [0.15, 0.2) is 18.2 Å². The Morgan fingerprint density at radius 1 is 1.57 bits per heavy atom. The van der Waals surface area contributed by atoms with Gasteiger partial charge in [-0.2, -0.15) is 0 Å². The SMILES string of the molecule is Cc1cc(OCC(=O)OF)ccc1O. The van der Waals surface area contributed by atoms with Gasteiger partial charge in [-0.1, -0.05) is 0 Å². The van der Waals surface area contributed by atoms with E-state index in [2.05, 4.69) is 4.94 Å². The van der Waals surface area contributed by atoms with Gasteiger partial charge in [-0.3, -0.25) is 4.94 Å². The molecule has 0 spiro atoms. The van der Waals surface area contributed by atoms with Gasteiger partial charge >= 0.3 is 5.97 Å². The molecule has 0 aliphatic rings. The third-order valence-electron chi connectivity index (χ3n) is 1.61. The molecule has 1 N–H and O–H groups in total. The molecule has 1 aromatic rings. The van der Waals surface area contributed by atoms with Crippen molar-refractivity contribution in [2.24, 2.45) is 0 Å². The summed E-state index contributed by atoms with van der Waals surface area (Å²) in [5, 5.41) is 9.16. The number of aryl methyl sites for hydroxylation is 1. The lowest BCUT2D eigenvalue weighted by molar-refractivity contribution is -0.185. The van der Waals surface area contributed by atoms with E-state index in [0.717, 1.165) is 0 Å². The zero-order valence-electron chi connectivity index (χ0n) is 7.49. The van der Waals surface area contributed by atoms with Crippen LogP contribution >= 0.6 is 0 Å². The molecule has 0 unspecified atom stereocenters. The van der Waals surface area contributed by atoms with Crippen molar-refractivity contribution in [3.05, 3.63) is 23.8 Å². The Balaban J connectivity index is 2.60. The van der Waals surface area contributed by atoms with Crippen LogP contribution in [-0.4, -0.2) is 17.7 Å². The molecule has 0 fully saturated rings. The molecule has 5 heteroatoms. The lowest BCUT2D eigenvalue weighted by Gasteiger charge is -2.04.